The van der Waals surface area contributed by atoms with Crippen LogP contribution < -0.4 is 11.1 Å². The number of nitrogens with two attached hydrogens (primary N) is 1. The van der Waals surface area contributed by atoms with E-state index in [0.717, 1.165) is 0 Å². The van der Waals surface area contributed by atoms with E-state index >= 15 is 0 Å². The molecule has 0 saturated carbocycles. The molecule has 0 aromatic carbocycles. The van der Waals surface area contributed by atoms with Crippen LogP contribution in [0.15, 0.2) is 6.33 Å². The maximum Gasteiger partial charge on any atom is 0.237 e. The SMILES string of the molecule is Cn1cnc(CNC(=O)[C@H](N)C(C)(C)C)n1. The number of rotatable bonds is 3. The van der Waals surface area contributed by atoms with Crippen molar-refractivity contribution in [1.29, 1.82) is 0 Å². The van der Waals surface area contributed by atoms with E-state index in [2.05, 4.69) is 15.4 Å². The van der Waals surface area contributed by atoms with Crippen molar-refractivity contribution < 1.29 is 4.79 Å². The van der Waals surface area contributed by atoms with Crippen LogP contribution in [0.2, 0.25) is 0 Å². The third-order valence-electron chi connectivity index (χ3n) is 2.28. The summed E-state index contributed by atoms with van der Waals surface area (Å²) in [5, 5.41) is 6.77. The summed E-state index contributed by atoms with van der Waals surface area (Å²) < 4.78 is 1.59. The largest absolute Gasteiger partial charge is 0.347 e. The molecule has 1 atom stereocenters. The Bertz CT molecular complexity index is 366. The second-order valence-electron chi connectivity index (χ2n) is 4.90. The molecule has 1 amide bonds. The third-order valence-corrected chi connectivity index (χ3v) is 2.28. The summed E-state index contributed by atoms with van der Waals surface area (Å²) >= 11 is 0. The first-order chi connectivity index (χ1) is 7.30. The summed E-state index contributed by atoms with van der Waals surface area (Å²) in [6.07, 6.45) is 1.59. The predicted molar refractivity (Wildman–Crippen MR) is 60.3 cm³/mol. The minimum atomic E-state index is -0.531. The molecule has 0 saturated heterocycles. The molecule has 1 aromatic rings. The number of nitrogens with zero attached hydrogens (tertiary/aromatic N) is 3. The van der Waals surface area contributed by atoms with Crippen molar-refractivity contribution >= 4 is 5.91 Å². The number of nitrogens with one attached hydrogen (secondary N) is 1. The molecule has 0 radical (unpaired) electrons. The lowest BCUT2D eigenvalue weighted by Crippen LogP contribution is -2.48. The van der Waals surface area contributed by atoms with E-state index in [1.54, 1.807) is 18.1 Å². The standard InChI is InChI=1S/C10H19N5O/c1-10(2,3)8(11)9(16)12-5-7-13-6-15(4)14-7/h6,8H,5,11H2,1-4H3,(H,12,16)/t8-/m0/s1. The fourth-order valence-electron chi connectivity index (χ4n) is 1.13. The van der Waals surface area contributed by atoms with Gasteiger partial charge in [-0.05, 0) is 5.41 Å². The average molecular weight is 225 g/mol. The quantitative estimate of drug-likeness (QED) is 0.746. The van der Waals surface area contributed by atoms with Gasteiger partial charge in [0.25, 0.3) is 0 Å². The Morgan fingerprint density at radius 2 is 2.25 bits per heavy atom. The van der Waals surface area contributed by atoms with Crippen LogP contribution in [0.4, 0.5) is 0 Å². The van der Waals surface area contributed by atoms with E-state index in [0.29, 0.717) is 12.4 Å². The van der Waals surface area contributed by atoms with Crippen molar-refractivity contribution in [2.24, 2.45) is 18.2 Å². The first-order valence-electron chi connectivity index (χ1n) is 5.18. The molecule has 90 valence electrons. The Labute approximate surface area is 95.2 Å². The number of hydrogen-bond donors (Lipinski definition) is 2. The van der Waals surface area contributed by atoms with Crippen LogP contribution in [0.3, 0.4) is 0 Å². The van der Waals surface area contributed by atoms with Gasteiger partial charge in [0.2, 0.25) is 5.91 Å². The highest BCUT2D eigenvalue weighted by Crippen LogP contribution is 2.17. The lowest BCUT2D eigenvalue weighted by molar-refractivity contribution is -0.124. The van der Waals surface area contributed by atoms with E-state index in [1.807, 2.05) is 20.8 Å². The fraction of sp³-hybridized carbons (Fsp3) is 0.700. The molecule has 1 heterocycles. The van der Waals surface area contributed by atoms with Gasteiger partial charge in [0.15, 0.2) is 5.82 Å². The third kappa shape index (κ3) is 3.30. The molecule has 0 aliphatic rings. The monoisotopic (exact) mass is 225 g/mol. The van der Waals surface area contributed by atoms with Crippen molar-refractivity contribution in [3.63, 3.8) is 0 Å². The highest BCUT2D eigenvalue weighted by molar-refractivity contribution is 5.82. The molecule has 16 heavy (non-hydrogen) atoms. The Hall–Kier alpha value is -1.43. The predicted octanol–water partition coefficient (Wildman–Crippen LogP) is -0.195. The smallest absolute Gasteiger partial charge is 0.237 e. The second-order valence-corrected chi connectivity index (χ2v) is 4.90. The summed E-state index contributed by atoms with van der Waals surface area (Å²) in [6, 6.07) is -0.531. The molecule has 0 aliphatic heterocycles. The lowest BCUT2D eigenvalue weighted by atomic mass is 9.87. The van der Waals surface area contributed by atoms with Gasteiger partial charge in [0.1, 0.15) is 6.33 Å². The van der Waals surface area contributed by atoms with E-state index in [-0.39, 0.29) is 11.3 Å². The van der Waals surface area contributed by atoms with E-state index in [4.69, 9.17) is 5.73 Å². The van der Waals surface area contributed by atoms with Gasteiger partial charge in [-0.15, -0.1) is 0 Å². The molecule has 3 N–H and O–H groups in total. The Balaban J connectivity index is 2.47. The van der Waals surface area contributed by atoms with Crippen LogP contribution in [-0.4, -0.2) is 26.7 Å². The van der Waals surface area contributed by atoms with Crippen molar-refractivity contribution in [1.82, 2.24) is 20.1 Å². The maximum atomic E-state index is 11.7. The van der Waals surface area contributed by atoms with Crippen molar-refractivity contribution in [3.05, 3.63) is 12.2 Å². The van der Waals surface area contributed by atoms with Gasteiger partial charge < -0.3 is 11.1 Å². The molecule has 0 bridgehead atoms. The van der Waals surface area contributed by atoms with Crippen LogP contribution in [0.25, 0.3) is 0 Å². The van der Waals surface area contributed by atoms with Crippen LogP contribution in [-0.2, 0) is 18.4 Å². The number of aryl methyl sites for hydroxylation is 1. The van der Waals surface area contributed by atoms with Gasteiger partial charge in [-0.2, -0.15) is 5.10 Å². The van der Waals surface area contributed by atoms with Crippen molar-refractivity contribution in [2.75, 3.05) is 0 Å². The number of amides is 1. The van der Waals surface area contributed by atoms with Gasteiger partial charge in [-0.3, -0.25) is 9.48 Å². The minimum absolute atomic E-state index is 0.181. The van der Waals surface area contributed by atoms with Gasteiger partial charge in [0, 0.05) is 7.05 Å². The molecule has 1 rings (SSSR count). The summed E-state index contributed by atoms with van der Waals surface area (Å²) in [4.78, 5) is 15.7. The zero-order valence-corrected chi connectivity index (χ0v) is 10.2. The van der Waals surface area contributed by atoms with Crippen molar-refractivity contribution in [2.45, 2.75) is 33.4 Å². The van der Waals surface area contributed by atoms with E-state index in [9.17, 15) is 4.79 Å². The molecule has 1 aromatic heterocycles. The lowest BCUT2D eigenvalue weighted by Gasteiger charge is -2.25. The van der Waals surface area contributed by atoms with Crippen LogP contribution in [0.5, 0.6) is 0 Å². The van der Waals surface area contributed by atoms with Gasteiger partial charge in [-0.1, -0.05) is 20.8 Å². The van der Waals surface area contributed by atoms with Gasteiger partial charge in [-0.25, -0.2) is 4.98 Å². The highest BCUT2D eigenvalue weighted by atomic mass is 16.2. The molecule has 0 aliphatic carbocycles. The fourth-order valence-corrected chi connectivity index (χ4v) is 1.13. The highest BCUT2D eigenvalue weighted by Gasteiger charge is 2.27. The number of hydrogen-bond acceptors (Lipinski definition) is 4. The van der Waals surface area contributed by atoms with Crippen LogP contribution >= 0.6 is 0 Å². The van der Waals surface area contributed by atoms with Gasteiger partial charge in [0.05, 0.1) is 12.6 Å². The minimum Gasteiger partial charge on any atom is -0.347 e. The molecule has 0 fully saturated rings. The average Bonchev–Trinajstić information content (AvgIpc) is 2.58. The van der Waals surface area contributed by atoms with Crippen LogP contribution in [0, 0.1) is 5.41 Å². The number of carbonyl (C=O) groups is 1. The second kappa shape index (κ2) is 4.61. The zero-order chi connectivity index (χ0) is 12.3. The first-order valence-corrected chi connectivity index (χ1v) is 5.18. The Morgan fingerprint density at radius 1 is 1.62 bits per heavy atom. The topological polar surface area (TPSA) is 85.8 Å². The maximum absolute atomic E-state index is 11.7. The number of carbonyl (C=O) groups excluding carboxylic acids is 1. The van der Waals surface area contributed by atoms with E-state index in [1.165, 1.54) is 0 Å². The summed E-state index contributed by atoms with van der Waals surface area (Å²) in [7, 11) is 1.78. The molecule has 6 heteroatoms. The van der Waals surface area contributed by atoms with E-state index < -0.39 is 6.04 Å². The van der Waals surface area contributed by atoms with Gasteiger partial charge >= 0.3 is 0 Å². The first kappa shape index (κ1) is 12.6. The van der Waals surface area contributed by atoms with Crippen molar-refractivity contribution in [3.8, 4) is 0 Å². The van der Waals surface area contributed by atoms with Crippen LogP contribution in [0.1, 0.15) is 26.6 Å². The zero-order valence-electron chi connectivity index (χ0n) is 10.2. The Morgan fingerprint density at radius 3 is 2.69 bits per heavy atom. The number of aromatic nitrogens is 3. The molecule has 0 spiro atoms. The summed E-state index contributed by atoms with van der Waals surface area (Å²) in [5.41, 5.74) is 5.56. The normalized spacial score (nSPS) is 13.6. The summed E-state index contributed by atoms with van der Waals surface area (Å²) in [6.45, 7) is 6.09. The molecular weight excluding hydrogens is 206 g/mol. The molecular formula is C10H19N5O. The molecule has 0 unspecified atom stereocenters. The molecule has 6 nitrogen and oxygen atoms in total. The summed E-state index contributed by atoms with van der Waals surface area (Å²) in [5.74, 6) is 0.400. The Kier molecular flexibility index (Phi) is 3.64.